The van der Waals surface area contributed by atoms with Gasteiger partial charge in [-0.2, -0.15) is 0 Å². The Labute approximate surface area is 103 Å². The lowest BCUT2D eigenvalue weighted by Gasteiger charge is -2.09. The zero-order valence-corrected chi connectivity index (χ0v) is 10.2. The SMILES string of the molecule is Oc1ccccc1CNc1ccccc1Br. The Kier molecular flexibility index (Phi) is 3.47. The van der Waals surface area contributed by atoms with E-state index in [1.54, 1.807) is 6.07 Å². The molecule has 0 spiro atoms. The molecule has 0 atom stereocenters. The highest BCUT2D eigenvalue weighted by molar-refractivity contribution is 9.10. The molecule has 0 aliphatic rings. The number of hydrogen-bond acceptors (Lipinski definition) is 2. The smallest absolute Gasteiger partial charge is 0.120 e. The van der Waals surface area contributed by atoms with Gasteiger partial charge >= 0.3 is 0 Å². The van der Waals surface area contributed by atoms with E-state index >= 15 is 0 Å². The molecule has 0 saturated heterocycles. The topological polar surface area (TPSA) is 32.3 Å². The Balaban J connectivity index is 2.09. The summed E-state index contributed by atoms with van der Waals surface area (Å²) < 4.78 is 1.02. The minimum Gasteiger partial charge on any atom is -0.508 e. The Morgan fingerprint density at radius 2 is 1.69 bits per heavy atom. The molecule has 0 heterocycles. The minimum atomic E-state index is 0.321. The number of aromatic hydroxyl groups is 1. The van der Waals surface area contributed by atoms with Gasteiger partial charge in [-0.15, -0.1) is 0 Å². The van der Waals surface area contributed by atoms with Crippen molar-refractivity contribution in [2.45, 2.75) is 6.54 Å². The van der Waals surface area contributed by atoms with Crippen molar-refractivity contribution in [3.05, 3.63) is 58.6 Å². The lowest BCUT2D eigenvalue weighted by molar-refractivity contribution is 0.469. The second-order valence-electron chi connectivity index (χ2n) is 3.46. The van der Waals surface area contributed by atoms with Gasteiger partial charge in [0.1, 0.15) is 5.75 Å². The highest BCUT2D eigenvalue weighted by Gasteiger charge is 2.01. The van der Waals surface area contributed by atoms with Crippen LogP contribution in [0.2, 0.25) is 0 Å². The van der Waals surface area contributed by atoms with Gasteiger partial charge in [-0.25, -0.2) is 0 Å². The summed E-state index contributed by atoms with van der Waals surface area (Å²) in [4.78, 5) is 0. The monoisotopic (exact) mass is 277 g/mol. The maximum atomic E-state index is 9.61. The number of hydrogen-bond donors (Lipinski definition) is 2. The first-order valence-electron chi connectivity index (χ1n) is 5.02. The molecule has 2 nitrogen and oxygen atoms in total. The lowest BCUT2D eigenvalue weighted by Crippen LogP contribution is -1.99. The van der Waals surface area contributed by atoms with Gasteiger partial charge in [0.15, 0.2) is 0 Å². The molecular weight excluding hydrogens is 266 g/mol. The quantitative estimate of drug-likeness (QED) is 0.895. The summed E-state index contributed by atoms with van der Waals surface area (Å²) in [6.45, 7) is 0.606. The van der Waals surface area contributed by atoms with E-state index < -0.39 is 0 Å². The van der Waals surface area contributed by atoms with Crippen LogP contribution in [0.1, 0.15) is 5.56 Å². The average molecular weight is 278 g/mol. The van der Waals surface area contributed by atoms with E-state index in [4.69, 9.17) is 0 Å². The van der Waals surface area contributed by atoms with Crippen LogP contribution in [-0.4, -0.2) is 5.11 Å². The van der Waals surface area contributed by atoms with Crippen LogP contribution >= 0.6 is 15.9 Å². The number of phenolic OH excluding ortho intramolecular Hbond substituents is 1. The molecule has 3 heteroatoms. The van der Waals surface area contributed by atoms with E-state index in [0.29, 0.717) is 12.3 Å². The third kappa shape index (κ3) is 2.55. The van der Waals surface area contributed by atoms with Crippen molar-refractivity contribution in [3.8, 4) is 5.75 Å². The molecule has 0 fully saturated rings. The van der Waals surface area contributed by atoms with E-state index in [2.05, 4.69) is 21.2 Å². The fraction of sp³-hybridized carbons (Fsp3) is 0.0769. The molecule has 2 aromatic rings. The largest absolute Gasteiger partial charge is 0.508 e. The van der Waals surface area contributed by atoms with Gasteiger partial charge < -0.3 is 10.4 Å². The van der Waals surface area contributed by atoms with E-state index in [0.717, 1.165) is 15.7 Å². The average Bonchev–Trinajstić information content (AvgIpc) is 2.30. The summed E-state index contributed by atoms with van der Waals surface area (Å²) in [5.74, 6) is 0.321. The van der Waals surface area contributed by atoms with E-state index in [1.807, 2.05) is 42.5 Å². The highest BCUT2D eigenvalue weighted by atomic mass is 79.9. The number of rotatable bonds is 3. The Morgan fingerprint density at radius 3 is 2.44 bits per heavy atom. The molecule has 0 bridgehead atoms. The van der Waals surface area contributed by atoms with Gasteiger partial charge in [0, 0.05) is 22.3 Å². The van der Waals surface area contributed by atoms with Crippen LogP contribution in [0, 0.1) is 0 Å². The molecule has 0 aromatic heterocycles. The number of benzene rings is 2. The molecular formula is C13H12BrNO. The molecule has 2 N–H and O–H groups in total. The fourth-order valence-corrected chi connectivity index (χ4v) is 1.88. The Morgan fingerprint density at radius 1 is 1.00 bits per heavy atom. The first kappa shape index (κ1) is 11.0. The number of anilines is 1. The summed E-state index contributed by atoms with van der Waals surface area (Å²) in [6, 6.07) is 15.2. The number of para-hydroxylation sites is 2. The van der Waals surface area contributed by atoms with Crippen LogP contribution in [0.15, 0.2) is 53.0 Å². The molecule has 16 heavy (non-hydrogen) atoms. The van der Waals surface area contributed by atoms with Gasteiger partial charge in [-0.3, -0.25) is 0 Å². The third-order valence-corrected chi connectivity index (χ3v) is 3.03. The molecule has 0 aliphatic carbocycles. The standard InChI is InChI=1S/C13H12BrNO/c14-11-6-2-3-7-12(11)15-9-10-5-1-4-8-13(10)16/h1-8,15-16H,9H2. The van der Waals surface area contributed by atoms with Gasteiger partial charge in [0.25, 0.3) is 0 Å². The normalized spacial score (nSPS) is 10.1. The predicted octanol–water partition coefficient (Wildman–Crippen LogP) is 3.77. The lowest BCUT2D eigenvalue weighted by atomic mass is 10.2. The second kappa shape index (κ2) is 5.03. The Hall–Kier alpha value is -1.48. The van der Waals surface area contributed by atoms with Crippen molar-refractivity contribution >= 4 is 21.6 Å². The van der Waals surface area contributed by atoms with Crippen LogP contribution in [-0.2, 0) is 6.54 Å². The molecule has 0 amide bonds. The van der Waals surface area contributed by atoms with Crippen molar-refractivity contribution in [1.82, 2.24) is 0 Å². The molecule has 2 rings (SSSR count). The number of phenols is 1. The van der Waals surface area contributed by atoms with Crippen molar-refractivity contribution < 1.29 is 5.11 Å². The van der Waals surface area contributed by atoms with Crippen LogP contribution in [0.5, 0.6) is 5.75 Å². The van der Waals surface area contributed by atoms with Crippen LogP contribution < -0.4 is 5.32 Å². The number of nitrogens with one attached hydrogen (secondary N) is 1. The van der Waals surface area contributed by atoms with Crippen LogP contribution in [0.4, 0.5) is 5.69 Å². The van der Waals surface area contributed by atoms with E-state index in [-0.39, 0.29) is 0 Å². The summed E-state index contributed by atoms with van der Waals surface area (Å²) in [5.41, 5.74) is 1.91. The molecule has 82 valence electrons. The fourth-order valence-electron chi connectivity index (χ4n) is 1.46. The molecule has 0 aliphatic heterocycles. The second-order valence-corrected chi connectivity index (χ2v) is 4.32. The van der Waals surface area contributed by atoms with E-state index in [1.165, 1.54) is 0 Å². The van der Waals surface area contributed by atoms with Crippen molar-refractivity contribution in [2.24, 2.45) is 0 Å². The molecule has 0 unspecified atom stereocenters. The minimum absolute atomic E-state index is 0.321. The summed E-state index contributed by atoms with van der Waals surface area (Å²) in [6.07, 6.45) is 0. The summed E-state index contributed by atoms with van der Waals surface area (Å²) in [7, 11) is 0. The third-order valence-electron chi connectivity index (χ3n) is 2.33. The molecule has 2 aromatic carbocycles. The van der Waals surface area contributed by atoms with Crippen LogP contribution in [0.25, 0.3) is 0 Å². The maximum absolute atomic E-state index is 9.61. The first-order chi connectivity index (χ1) is 7.77. The zero-order valence-electron chi connectivity index (χ0n) is 8.65. The first-order valence-corrected chi connectivity index (χ1v) is 5.82. The zero-order chi connectivity index (χ0) is 11.4. The summed E-state index contributed by atoms with van der Waals surface area (Å²) >= 11 is 3.46. The van der Waals surface area contributed by atoms with Crippen LogP contribution in [0.3, 0.4) is 0 Å². The van der Waals surface area contributed by atoms with Gasteiger partial charge in [-0.05, 0) is 34.1 Å². The van der Waals surface area contributed by atoms with Crippen molar-refractivity contribution in [1.29, 1.82) is 0 Å². The van der Waals surface area contributed by atoms with Crippen molar-refractivity contribution in [3.63, 3.8) is 0 Å². The van der Waals surface area contributed by atoms with Crippen molar-refractivity contribution in [2.75, 3.05) is 5.32 Å². The van der Waals surface area contributed by atoms with Gasteiger partial charge in [0.2, 0.25) is 0 Å². The number of halogens is 1. The van der Waals surface area contributed by atoms with Gasteiger partial charge in [0.05, 0.1) is 0 Å². The predicted molar refractivity (Wildman–Crippen MR) is 69.6 cm³/mol. The van der Waals surface area contributed by atoms with E-state index in [9.17, 15) is 5.11 Å². The molecule has 0 radical (unpaired) electrons. The maximum Gasteiger partial charge on any atom is 0.120 e. The molecule has 0 saturated carbocycles. The highest BCUT2D eigenvalue weighted by Crippen LogP contribution is 2.23. The Bertz CT molecular complexity index is 439. The van der Waals surface area contributed by atoms with Gasteiger partial charge in [-0.1, -0.05) is 30.3 Å². The summed E-state index contributed by atoms with van der Waals surface area (Å²) in [5, 5.41) is 12.9.